The fourth-order valence-corrected chi connectivity index (χ4v) is 1.79. The lowest BCUT2D eigenvalue weighted by molar-refractivity contribution is 0.289. The van der Waals surface area contributed by atoms with Gasteiger partial charge in [0.05, 0.1) is 12.2 Å². The van der Waals surface area contributed by atoms with Crippen molar-refractivity contribution in [3.05, 3.63) is 42.2 Å². The van der Waals surface area contributed by atoms with Gasteiger partial charge in [0.2, 0.25) is 0 Å². The number of hydrogen-bond acceptors (Lipinski definition) is 4. The van der Waals surface area contributed by atoms with Crippen LogP contribution in [0.4, 0.5) is 0 Å². The zero-order valence-electron chi connectivity index (χ0n) is 12.1. The molecule has 0 amide bonds. The Bertz CT molecular complexity index is 496. The Hall–Kier alpha value is -1.88. The monoisotopic (exact) mass is 274 g/mol. The molecule has 5 nitrogen and oxygen atoms in total. The third kappa shape index (κ3) is 5.01. The van der Waals surface area contributed by atoms with Gasteiger partial charge in [0.15, 0.2) is 0 Å². The zero-order valence-corrected chi connectivity index (χ0v) is 12.1. The summed E-state index contributed by atoms with van der Waals surface area (Å²) in [6.07, 6.45) is 1.96. The lowest BCUT2D eigenvalue weighted by atomic mass is 10.2. The highest BCUT2D eigenvalue weighted by atomic mass is 16.5. The highest BCUT2D eigenvalue weighted by molar-refractivity contribution is 5.20. The molecule has 0 saturated heterocycles. The third-order valence-corrected chi connectivity index (χ3v) is 2.78. The minimum atomic E-state index is 0.590. The second-order valence-electron chi connectivity index (χ2n) is 5.16. The van der Waals surface area contributed by atoms with E-state index in [1.165, 1.54) is 0 Å². The van der Waals surface area contributed by atoms with Gasteiger partial charge in [-0.25, -0.2) is 4.68 Å². The summed E-state index contributed by atoms with van der Waals surface area (Å²) < 4.78 is 7.44. The van der Waals surface area contributed by atoms with Gasteiger partial charge in [-0.3, -0.25) is 0 Å². The molecule has 0 spiro atoms. The number of rotatable bonds is 8. The van der Waals surface area contributed by atoms with Crippen LogP contribution in [0.2, 0.25) is 0 Å². The Morgan fingerprint density at radius 2 is 2.05 bits per heavy atom. The molecule has 0 radical (unpaired) electrons. The largest absolute Gasteiger partial charge is 0.492 e. The van der Waals surface area contributed by atoms with E-state index in [0.717, 1.165) is 24.5 Å². The molecular weight excluding hydrogens is 252 g/mol. The van der Waals surface area contributed by atoms with E-state index in [4.69, 9.17) is 4.74 Å². The molecule has 20 heavy (non-hydrogen) atoms. The van der Waals surface area contributed by atoms with E-state index in [2.05, 4.69) is 29.5 Å². The molecule has 2 rings (SSSR count). The summed E-state index contributed by atoms with van der Waals surface area (Å²) in [5.41, 5.74) is 0.963. The smallest absolute Gasteiger partial charge is 0.119 e. The molecule has 0 bridgehead atoms. The van der Waals surface area contributed by atoms with Crippen molar-refractivity contribution in [2.75, 3.05) is 13.2 Å². The van der Waals surface area contributed by atoms with Gasteiger partial charge >= 0.3 is 0 Å². The Morgan fingerprint density at radius 1 is 1.25 bits per heavy atom. The van der Waals surface area contributed by atoms with E-state index in [0.29, 0.717) is 19.1 Å². The summed E-state index contributed by atoms with van der Waals surface area (Å²) >= 11 is 0. The maximum Gasteiger partial charge on any atom is 0.119 e. The van der Waals surface area contributed by atoms with Crippen LogP contribution in [0.15, 0.2) is 36.5 Å². The Kier molecular flexibility index (Phi) is 5.55. The first-order valence-corrected chi connectivity index (χ1v) is 7.01. The van der Waals surface area contributed by atoms with Crippen molar-refractivity contribution in [3.8, 4) is 5.75 Å². The minimum Gasteiger partial charge on any atom is -0.492 e. The van der Waals surface area contributed by atoms with Crippen LogP contribution in [0.5, 0.6) is 5.75 Å². The van der Waals surface area contributed by atoms with Crippen LogP contribution in [-0.2, 0) is 13.1 Å². The van der Waals surface area contributed by atoms with Crippen molar-refractivity contribution in [3.63, 3.8) is 0 Å². The molecule has 0 aliphatic heterocycles. The molecule has 1 aromatic heterocycles. The van der Waals surface area contributed by atoms with Crippen LogP contribution >= 0.6 is 0 Å². The first-order chi connectivity index (χ1) is 9.74. The van der Waals surface area contributed by atoms with Gasteiger partial charge in [0.25, 0.3) is 0 Å². The number of nitrogens with one attached hydrogen (secondary N) is 1. The van der Waals surface area contributed by atoms with Crippen molar-refractivity contribution in [2.24, 2.45) is 5.92 Å². The standard InChI is InChI=1S/C15H22N4O/c1-13(2)10-16-11-14-12-19(18-17-14)8-9-20-15-6-4-3-5-7-15/h3-7,12-13,16H,8-11H2,1-2H3. The average molecular weight is 274 g/mol. The average Bonchev–Trinajstić information content (AvgIpc) is 2.87. The normalized spacial score (nSPS) is 10.9. The van der Waals surface area contributed by atoms with E-state index < -0.39 is 0 Å². The number of ether oxygens (including phenoxy) is 1. The fraction of sp³-hybridized carbons (Fsp3) is 0.467. The summed E-state index contributed by atoms with van der Waals surface area (Å²) in [7, 11) is 0. The van der Waals surface area contributed by atoms with E-state index in [9.17, 15) is 0 Å². The van der Waals surface area contributed by atoms with E-state index >= 15 is 0 Å². The quantitative estimate of drug-likeness (QED) is 0.801. The fourth-order valence-electron chi connectivity index (χ4n) is 1.79. The molecule has 5 heteroatoms. The van der Waals surface area contributed by atoms with E-state index in [1.54, 1.807) is 0 Å². The Morgan fingerprint density at radius 3 is 2.80 bits per heavy atom. The van der Waals surface area contributed by atoms with Crippen LogP contribution in [0.3, 0.4) is 0 Å². The summed E-state index contributed by atoms with van der Waals surface area (Å²) in [5.74, 6) is 1.52. The SMILES string of the molecule is CC(C)CNCc1cn(CCOc2ccccc2)nn1. The van der Waals surface area contributed by atoms with Crippen molar-refractivity contribution in [2.45, 2.75) is 26.9 Å². The van der Waals surface area contributed by atoms with Crippen molar-refractivity contribution < 1.29 is 4.74 Å². The van der Waals surface area contributed by atoms with Gasteiger partial charge in [-0.1, -0.05) is 37.3 Å². The summed E-state index contributed by atoms with van der Waals surface area (Å²) in [4.78, 5) is 0. The third-order valence-electron chi connectivity index (χ3n) is 2.78. The molecular formula is C15H22N4O. The Balaban J connectivity index is 1.70. The van der Waals surface area contributed by atoms with Crippen LogP contribution in [0, 0.1) is 5.92 Å². The van der Waals surface area contributed by atoms with E-state index in [-0.39, 0.29) is 0 Å². The van der Waals surface area contributed by atoms with Crippen molar-refractivity contribution >= 4 is 0 Å². The van der Waals surface area contributed by atoms with E-state index in [1.807, 2.05) is 41.2 Å². The molecule has 1 heterocycles. The molecule has 0 atom stereocenters. The van der Waals surface area contributed by atoms with Gasteiger partial charge in [-0.2, -0.15) is 0 Å². The second kappa shape index (κ2) is 7.65. The first kappa shape index (κ1) is 14.5. The van der Waals surface area contributed by atoms with Gasteiger partial charge in [-0.15, -0.1) is 5.10 Å². The molecule has 0 fully saturated rings. The molecule has 108 valence electrons. The van der Waals surface area contributed by atoms with Crippen LogP contribution in [0.1, 0.15) is 19.5 Å². The summed E-state index contributed by atoms with van der Waals surface area (Å²) in [5, 5.41) is 11.6. The molecule has 2 aromatic rings. The zero-order chi connectivity index (χ0) is 14.2. The summed E-state index contributed by atoms with van der Waals surface area (Å²) in [6, 6.07) is 9.79. The first-order valence-electron chi connectivity index (χ1n) is 7.01. The maximum absolute atomic E-state index is 5.63. The minimum absolute atomic E-state index is 0.590. The lowest BCUT2D eigenvalue weighted by Gasteiger charge is -2.05. The number of benzene rings is 1. The highest BCUT2D eigenvalue weighted by Gasteiger charge is 2.01. The second-order valence-corrected chi connectivity index (χ2v) is 5.16. The maximum atomic E-state index is 5.63. The van der Waals surface area contributed by atoms with Crippen LogP contribution < -0.4 is 10.1 Å². The predicted molar refractivity (Wildman–Crippen MR) is 78.5 cm³/mol. The number of hydrogen-bond donors (Lipinski definition) is 1. The molecule has 1 aromatic carbocycles. The van der Waals surface area contributed by atoms with Crippen LogP contribution in [-0.4, -0.2) is 28.1 Å². The molecule has 0 aliphatic carbocycles. The summed E-state index contributed by atoms with van der Waals surface area (Å²) in [6.45, 7) is 7.41. The molecule has 0 saturated carbocycles. The van der Waals surface area contributed by atoms with Crippen LogP contribution in [0.25, 0.3) is 0 Å². The van der Waals surface area contributed by atoms with Gasteiger partial charge < -0.3 is 10.1 Å². The predicted octanol–water partition coefficient (Wildman–Crippen LogP) is 2.10. The topological polar surface area (TPSA) is 52.0 Å². The Labute approximate surface area is 120 Å². The van der Waals surface area contributed by atoms with Crippen molar-refractivity contribution in [1.29, 1.82) is 0 Å². The van der Waals surface area contributed by atoms with Gasteiger partial charge in [0.1, 0.15) is 12.4 Å². The number of para-hydroxylation sites is 1. The number of aromatic nitrogens is 3. The molecule has 0 unspecified atom stereocenters. The lowest BCUT2D eigenvalue weighted by Crippen LogP contribution is -2.19. The molecule has 0 aliphatic rings. The molecule has 1 N–H and O–H groups in total. The van der Waals surface area contributed by atoms with Gasteiger partial charge in [-0.05, 0) is 24.6 Å². The number of nitrogens with zero attached hydrogens (tertiary/aromatic N) is 3. The highest BCUT2D eigenvalue weighted by Crippen LogP contribution is 2.07. The van der Waals surface area contributed by atoms with Gasteiger partial charge in [0, 0.05) is 12.7 Å². The van der Waals surface area contributed by atoms with Crippen molar-refractivity contribution in [1.82, 2.24) is 20.3 Å².